The molecule has 1 amide bonds. The number of aromatic nitrogens is 4. The summed E-state index contributed by atoms with van der Waals surface area (Å²) in [5, 5.41) is 9.13. The van der Waals surface area contributed by atoms with Gasteiger partial charge in [-0.2, -0.15) is 10.2 Å². The first-order chi connectivity index (χ1) is 15.9. The highest BCUT2D eigenvalue weighted by molar-refractivity contribution is 5.96. The summed E-state index contributed by atoms with van der Waals surface area (Å²) < 4.78 is 45.1. The highest BCUT2D eigenvalue weighted by atomic mass is 19.2. The largest absolute Gasteiger partial charge is 0.327 e. The number of rotatable bonds is 2. The number of carbonyl (C=O) groups is 1. The number of hydrogen-bond donors (Lipinski definition) is 0. The second-order valence-corrected chi connectivity index (χ2v) is 9.29. The molecule has 2 unspecified atom stereocenters. The van der Waals surface area contributed by atoms with Crippen LogP contribution in [0.5, 0.6) is 0 Å². The maximum atomic E-state index is 14.0. The van der Waals surface area contributed by atoms with Gasteiger partial charge in [-0.1, -0.05) is 0 Å². The molecule has 2 bridgehead atoms. The first kappa shape index (κ1) is 20.5. The molecule has 0 aliphatic carbocycles. The minimum atomic E-state index is -1.48. The number of halogens is 3. The maximum Gasteiger partial charge on any atom is 0.258 e. The van der Waals surface area contributed by atoms with Gasteiger partial charge in [0.05, 0.1) is 34.9 Å². The molecule has 0 spiro atoms. The fourth-order valence-corrected chi connectivity index (χ4v) is 5.94. The van der Waals surface area contributed by atoms with E-state index in [0.29, 0.717) is 17.7 Å². The van der Waals surface area contributed by atoms with Crippen LogP contribution < -0.4 is 0 Å². The molecule has 6 rings (SSSR count). The average molecular weight is 455 g/mol. The molecule has 0 radical (unpaired) electrons. The molecule has 2 atom stereocenters. The SMILES string of the molecule is Cn1nc2c(c1-c1cc(F)c(F)c(F)c1)CC1CCCC2N1C(=O)c1cnn2c1CCCC2. The molecule has 3 aliphatic heterocycles. The maximum absolute atomic E-state index is 14.0. The van der Waals surface area contributed by atoms with E-state index in [1.165, 1.54) is 0 Å². The van der Waals surface area contributed by atoms with Crippen molar-refractivity contribution in [2.75, 3.05) is 0 Å². The fraction of sp³-hybridized carbons (Fsp3) is 0.458. The van der Waals surface area contributed by atoms with Gasteiger partial charge in [0.2, 0.25) is 0 Å². The summed E-state index contributed by atoms with van der Waals surface area (Å²) in [5.74, 6) is -3.94. The molecular formula is C24H24F3N5O. The van der Waals surface area contributed by atoms with Crippen LogP contribution in [0, 0.1) is 17.5 Å². The van der Waals surface area contributed by atoms with E-state index >= 15 is 0 Å². The lowest BCUT2D eigenvalue weighted by molar-refractivity contribution is 0.0390. The van der Waals surface area contributed by atoms with Gasteiger partial charge in [-0.3, -0.25) is 14.2 Å². The van der Waals surface area contributed by atoms with Gasteiger partial charge >= 0.3 is 0 Å². The predicted octanol–water partition coefficient (Wildman–Crippen LogP) is 4.33. The normalized spacial score (nSPS) is 21.6. The summed E-state index contributed by atoms with van der Waals surface area (Å²) in [7, 11) is 1.72. The Bertz CT molecular complexity index is 1260. The summed E-state index contributed by atoms with van der Waals surface area (Å²) >= 11 is 0. The molecule has 3 aliphatic rings. The number of aryl methyl sites for hydroxylation is 2. The van der Waals surface area contributed by atoms with E-state index < -0.39 is 17.5 Å². The summed E-state index contributed by atoms with van der Waals surface area (Å²) in [6, 6.07) is 1.81. The third-order valence-corrected chi connectivity index (χ3v) is 7.38. The standard InChI is InChI=1S/C24H24F3N5O/c1-30-23(13-9-17(25)21(27)18(26)10-13)15-11-14-5-4-7-20(22(15)29-30)32(14)24(33)16-12-28-31-8-3-2-6-19(16)31/h9-10,12,14,20H,2-8,11H2,1H3. The third-order valence-electron chi connectivity index (χ3n) is 7.38. The molecule has 172 valence electrons. The lowest BCUT2D eigenvalue weighted by atomic mass is 9.81. The van der Waals surface area contributed by atoms with Gasteiger partial charge in [-0.05, 0) is 57.1 Å². The summed E-state index contributed by atoms with van der Waals surface area (Å²) in [6.07, 6.45) is 7.83. The van der Waals surface area contributed by atoms with Gasteiger partial charge in [0.1, 0.15) is 0 Å². The molecule has 0 saturated carbocycles. The Labute approximate surface area is 189 Å². The van der Waals surface area contributed by atoms with E-state index in [2.05, 4.69) is 5.10 Å². The Kier molecular flexibility index (Phi) is 4.64. The second-order valence-electron chi connectivity index (χ2n) is 9.29. The zero-order valence-electron chi connectivity index (χ0n) is 18.3. The molecule has 1 saturated heterocycles. The first-order valence-electron chi connectivity index (χ1n) is 11.5. The molecule has 2 aromatic heterocycles. The van der Waals surface area contributed by atoms with Crippen LogP contribution in [0.1, 0.15) is 65.5 Å². The van der Waals surface area contributed by atoms with Crippen molar-refractivity contribution in [3.63, 3.8) is 0 Å². The fourth-order valence-electron chi connectivity index (χ4n) is 5.94. The molecule has 3 aromatic rings. The number of benzene rings is 1. The summed E-state index contributed by atoms with van der Waals surface area (Å²) in [4.78, 5) is 15.7. The van der Waals surface area contributed by atoms with Crippen LogP contribution in [0.15, 0.2) is 18.3 Å². The molecule has 6 nitrogen and oxygen atoms in total. The number of fused-ring (bicyclic) bond motifs is 5. The molecular weight excluding hydrogens is 431 g/mol. The number of amides is 1. The van der Waals surface area contributed by atoms with Crippen molar-refractivity contribution < 1.29 is 18.0 Å². The second kappa shape index (κ2) is 7.46. The highest BCUT2D eigenvalue weighted by Crippen LogP contribution is 2.45. The number of piperidine rings is 1. The zero-order valence-corrected chi connectivity index (χ0v) is 18.3. The van der Waals surface area contributed by atoms with Crippen molar-refractivity contribution in [1.82, 2.24) is 24.5 Å². The quantitative estimate of drug-likeness (QED) is 0.541. The summed E-state index contributed by atoms with van der Waals surface area (Å²) in [6.45, 7) is 0.841. The van der Waals surface area contributed by atoms with Gasteiger partial charge in [0.15, 0.2) is 17.5 Å². The minimum absolute atomic E-state index is 0.00965. The zero-order chi connectivity index (χ0) is 22.9. The third kappa shape index (κ3) is 3.04. The smallest absolute Gasteiger partial charge is 0.258 e. The molecule has 9 heteroatoms. The van der Waals surface area contributed by atoms with Crippen LogP contribution in [0.4, 0.5) is 13.2 Å². The van der Waals surface area contributed by atoms with Crippen molar-refractivity contribution in [3.8, 4) is 11.3 Å². The molecule has 0 N–H and O–H groups in total. The van der Waals surface area contributed by atoms with E-state index in [0.717, 1.165) is 74.2 Å². The number of nitrogens with zero attached hydrogens (tertiary/aromatic N) is 5. The summed E-state index contributed by atoms with van der Waals surface area (Å²) in [5.41, 5.74) is 4.17. The van der Waals surface area contributed by atoms with Crippen molar-refractivity contribution >= 4 is 5.91 Å². The Morgan fingerprint density at radius 3 is 2.67 bits per heavy atom. The van der Waals surface area contributed by atoms with Gasteiger partial charge in [-0.15, -0.1) is 0 Å². The van der Waals surface area contributed by atoms with Crippen LogP contribution in [0.3, 0.4) is 0 Å². The molecule has 33 heavy (non-hydrogen) atoms. The first-order valence-corrected chi connectivity index (χ1v) is 11.5. The van der Waals surface area contributed by atoms with Crippen molar-refractivity contribution in [1.29, 1.82) is 0 Å². The van der Waals surface area contributed by atoms with E-state index in [-0.39, 0.29) is 23.6 Å². The van der Waals surface area contributed by atoms with Crippen LogP contribution in [0.2, 0.25) is 0 Å². The van der Waals surface area contributed by atoms with Gasteiger partial charge in [0, 0.05) is 30.8 Å². The lowest BCUT2D eigenvalue weighted by Crippen LogP contribution is -2.50. The van der Waals surface area contributed by atoms with Crippen molar-refractivity contribution in [2.45, 2.75) is 63.6 Å². The van der Waals surface area contributed by atoms with Gasteiger partial charge in [-0.25, -0.2) is 13.2 Å². The Hall–Kier alpha value is -3.10. The van der Waals surface area contributed by atoms with Gasteiger partial charge in [0.25, 0.3) is 5.91 Å². The van der Waals surface area contributed by atoms with Gasteiger partial charge < -0.3 is 4.90 Å². The number of carbonyl (C=O) groups excluding carboxylic acids is 1. The van der Waals surface area contributed by atoms with Crippen LogP contribution in [-0.2, 0) is 26.4 Å². The van der Waals surface area contributed by atoms with Crippen LogP contribution in [-0.4, -0.2) is 36.4 Å². The number of hydrogen-bond acceptors (Lipinski definition) is 3. The molecule has 1 fully saturated rings. The monoisotopic (exact) mass is 455 g/mol. The van der Waals surface area contributed by atoms with E-state index in [4.69, 9.17) is 5.10 Å². The highest BCUT2D eigenvalue weighted by Gasteiger charge is 2.44. The van der Waals surface area contributed by atoms with E-state index in [9.17, 15) is 18.0 Å². The molecule has 1 aromatic carbocycles. The average Bonchev–Trinajstić information content (AvgIpc) is 3.37. The molecule has 5 heterocycles. The minimum Gasteiger partial charge on any atom is -0.327 e. The van der Waals surface area contributed by atoms with E-state index in [1.807, 2.05) is 9.58 Å². The van der Waals surface area contributed by atoms with E-state index in [1.54, 1.807) is 17.9 Å². The van der Waals surface area contributed by atoms with Crippen molar-refractivity contribution in [2.24, 2.45) is 7.05 Å². The van der Waals surface area contributed by atoms with Crippen molar-refractivity contribution in [3.05, 3.63) is 58.3 Å². The Balaban J connectivity index is 1.42. The van der Waals surface area contributed by atoms with Crippen LogP contribution >= 0.6 is 0 Å². The Morgan fingerprint density at radius 2 is 1.88 bits per heavy atom. The Morgan fingerprint density at radius 1 is 1.09 bits per heavy atom. The van der Waals surface area contributed by atoms with Crippen LogP contribution in [0.25, 0.3) is 11.3 Å². The lowest BCUT2D eigenvalue weighted by Gasteiger charge is -2.45. The topological polar surface area (TPSA) is 56.0 Å². The predicted molar refractivity (Wildman–Crippen MR) is 114 cm³/mol.